The number of carbonyl (C=O) groups excluding carboxylic acids is 1. The number of nitrogens with zero attached hydrogens (tertiary/aromatic N) is 6. The maximum absolute atomic E-state index is 13.3. The normalized spacial score (nSPS) is 19.1. The molecule has 3 aromatic rings. The first kappa shape index (κ1) is 20.4. The number of alkyl carbamates (subject to hydrolysis) is 1. The Balaban J connectivity index is 1.18. The van der Waals surface area contributed by atoms with Gasteiger partial charge in [-0.2, -0.15) is 5.10 Å². The Hall–Kier alpha value is -3.53. The fourth-order valence-electron chi connectivity index (χ4n) is 4.08. The minimum atomic E-state index is -0.369. The van der Waals surface area contributed by atoms with Crippen LogP contribution in [0.1, 0.15) is 5.56 Å². The average molecular weight is 437 g/mol. The monoisotopic (exact) mass is 437 g/mol. The fraction of sp³-hybridized carbons (Fsp3) is 0.364. The lowest BCUT2D eigenvalue weighted by Gasteiger charge is -2.35. The molecule has 1 unspecified atom stereocenters. The number of amides is 1. The van der Waals surface area contributed by atoms with Crippen LogP contribution in [0.2, 0.25) is 0 Å². The third-order valence-corrected chi connectivity index (χ3v) is 5.70. The van der Waals surface area contributed by atoms with E-state index in [-0.39, 0.29) is 18.0 Å². The number of aromatic nitrogens is 4. The van der Waals surface area contributed by atoms with Gasteiger partial charge in [0, 0.05) is 62.4 Å². The Morgan fingerprint density at radius 1 is 1.09 bits per heavy atom. The molecule has 4 heterocycles. The number of piperazine rings is 1. The predicted octanol–water partition coefficient (Wildman–Crippen LogP) is 1.91. The van der Waals surface area contributed by atoms with Crippen molar-refractivity contribution >= 4 is 11.9 Å². The third-order valence-electron chi connectivity index (χ3n) is 5.70. The molecule has 0 bridgehead atoms. The molecule has 2 saturated heterocycles. The average Bonchev–Trinajstić information content (AvgIpc) is 3.43. The molecule has 0 radical (unpaired) electrons. The lowest BCUT2D eigenvalue weighted by Crippen LogP contribution is -2.46. The van der Waals surface area contributed by atoms with Gasteiger partial charge in [-0.25, -0.2) is 14.2 Å². The molecule has 10 heteroatoms. The largest absolute Gasteiger partial charge is 0.442 e. The van der Waals surface area contributed by atoms with E-state index in [1.54, 1.807) is 24.5 Å². The summed E-state index contributed by atoms with van der Waals surface area (Å²) < 4.78 is 20.3. The van der Waals surface area contributed by atoms with Crippen LogP contribution in [0.25, 0.3) is 11.3 Å². The molecule has 1 N–H and O–H groups in total. The predicted molar refractivity (Wildman–Crippen MR) is 115 cm³/mol. The zero-order valence-corrected chi connectivity index (χ0v) is 17.5. The zero-order chi connectivity index (χ0) is 21.9. The highest BCUT2D eigenvalue weighted by Crippen LogP contribution is 2.27. The summed E-state index contributed by atoms with van der Waals surface area (Å²) in [7, 11) is 0. The van der Waals surface area contributed by atoms with E-state index in [1.165, 1.54) is 12.1 Å². The highest BCUT2D eigenvalue weighted by Gasteiger charge is 2.24. The summed E-state index contributed by atoms with van der Waals surface area (Å²) in [5, 5.41) is 7.05. The summed E-state index contributed by atoms with van der Waals surface area (Å²) in [6, 6.07) is 6.36. The van der Waals surface area contributed by atoms with Gasteiger partial charge in [0.05, 0.1) is 19.3 Å². The summed E-state index contributed by atoms with van der Waals surface area (Å²) in [5.41, 5.74) is 2.75. The van der Waals surface area contributed by atoms with Crippen molar-refractivity contribution in [2.24, 2.45) is 0 Å². The topological polar surface area (TPSA) is 88.4 Å². The van der Waals surface area contributed by atoms with Crippen LogP contribution in [0.15, 0.2) is 49.1 Å². The Morgan fingerprint density at radius 3 is 2.62 bits per heavy atom. The van der Waals surface area contributed by atoms with Crippen LogP contribution in [0, 0.1) is 5.82 Å². The molecule has 1 atom stereocenters. The van der Waals surface area contributed by atoms with Gasteiger partial charge in [-0.15, -0.1) is 0 Å². The summed E-state index contributed by atoms with van der Waals surface area (Å²) in [6.07, 6.45) is 6.69. The van der Waals surface area contributed by atoms with E-state index in [0.717, 1.165) is 55.4 Å². The van der Waals surface area contributed by atoms with Gasteiger partial charge in [-0.1, -0.05) is 0 Å². The summed E-state index contributed by atoms with van der Waals surface area (Å²) in [4.78, 5) is 24.8. The van der Waals surface area contributed by atoms with Gasteiger partial charge in [0.2, 0.25) is 0 Å². The molecule has 5 rings (SSSR count). The quantitative estimate of drug-likeness (QED) is 0.630. The van der Waals surface area contributed by atoms with Crippen molar-refractivity contribution in [1.82, 2.24) is 30.0 Å². The van der Waals surface area contributed by atoms with Crippen LogP contribution < -0.4 is 10.2 Å². The number of halogens is 1. The molecular weight excluding hydrogens is 413 g/mol. The van der Waals surface area contributed by atoms with Crippen molar-refractivity contribution in [2.75, 3.05) is 37.6 Å². The van der Waals surface area contributed by atoms with Gasteiger partial charge in [0.1, 0.15) is 17.6 Å². The van der Waals surface area contributed by atoms with Crippen LogP contribution in [0.4, 0.5) is 15.0 Å². The third kappa shape index (κ3) is 4.54. The zero-order valence-electron chi connectivity index (χ0n) is 17.5. The fourth-order valence-corrected chi connectivity index (χ4v) is 4.08. The van der Waals surface area contributed by atoms with E-state index in [4.69, 9.17) is 4.74 Å². The van der Waals surface area contributed by atoms with Gasteiger partial charge in [0.25, 0.3) is 0 Å². The molecule has 166 valence electrons. The first-order valence-electron chi connectivity index (χ1n) is 10.6. The van der Waals surface area contributed by atoms with Crippen LogP contribution >= 0.6 is 0 Å². The molecule has 2 aliphatic rings. The maximum Gasteiger partial charge on any atom is 0.407 e. The van der Waals surface area contributed by atoms with E-state index < -0.39 is 0 Å². The van der Waals surface area contributed by atoms with Crippen molar-refractivity contribution in [3.8, 4) is 11.3 Å². The lowest BCUT2D eigenvalue weighted by atomic mass is 10.1. The molecule has 2 fully saturated rings. The lowest BCUT2D eigenvalue weighted by molar-refractivity contribution is 0.128. The second kappa shape index (κ2) is 8.91. The summed E-state index contributed by atoms with van der Waals surface area (Å²) in [5.74, 6) is 0.559. The van der Waals surface area contributed by atoms with Crippen molar-refractivity contribution in [1.29, 1.82) is 0 Å². The molecule has 2 aromatic heterocycles. The maximum atomic E-state index is 13.3. The first-order valence-corrected chi connectivity index (χ1v) is 10.6. The summed E-state index contributed by atoms with van der Waals surface area (Å²) >= 11 is 0. The van der Waals surface area contributed by atoms with Crippen molar-refractivity contribution in [3.63, 3.8) is 0 Å². The Labute approximate surface area is 184 Å². The van der Waals surface area contributed by atoms with Gasteiger partial charge >= 0.3 is 6.09 Å². The van der Waals surface area contributed by atoms with E-state index in [1.807, 2.05) is 17.1 Å². The molecule has 0 saturated carbocycles. The van der Waals surface area contributed by atoms with Crippen molar-refractivity contribution in [3.05, 3.63) is 60.4 Å². The van der Waals surface area contributed by atoms with Gasteiger partial charge in [-0.3, -0.25) is 14.6 Å². The number of carbonyl (C=O) groups is 1. The van der Waals surface area contributed by atoms with Crippen LogP contribution in [-0.4, -0.2) is 69.6 Å². The molecule has 1 aromatic carbocycles. The molecular formula is C22H24FN7O2. The standard InChI is InChI=1S/C22H24FN7O2/c23-18-3-1-17(2-4-18)20-21(25-6-5-24-20)29-9-7-28(8-10-29)13-16-11-27-30(14-16)15-19-12-26-22(31)32-19/h1-6,11,14,19H,7-10,12-13,15H2,(H,26,31). The minimum Gasteiger partial charge on any atom is -0.442 e. The molecule has 0 spiro atoms. The number of cyclic esters (lactones) is 1. The minimum absolute atomic E-state index is 0.180. The Bertz CT molecular complexity index is 1080. The summed E-state index contributed by atoms with van der Waals surface area (Å²) in [6.45, 7) is 5.28. The van der Waals surface area contributed by atoms with Crippen LogP contribution in [0.3, 0.4) is 0 Å². The van der Waals surface area contributed by atoms with Crippen LogP contribution in [0.5, 0.6) is 0 Å². The van der Waals surface area contributed by atoms with Crippen molar-refractivity contribution < 1.29 is 13.9 Å². The second-order valence-corrected chi connectivity index (χ2v) is 7.98. The molecule has 0 aliphatic carbocycles. The number of ether oxygens (including phenoxy) is 1. The number of hydrogen-bond acceptors (Lipinski definition) is 7. The van der Waals surface area contributed by atoms with Gasteiger partial charge in [0.15, 0.2) is 5.82 Å². The number of hydrogen-bond donors (Lipinski definition) is 1. The van der Waals surface area contributed by atoms with Gasteiger partial charge in [-0.05, 0) is 24.3 Å². The first-order chi connectivity index (χ1) is 15.6. The van der Waals surface area contributed by atoms with Gasteiger partial charge < -0.3 is 15.0 Å². The molecule has 32 heavy (non-hydrogen) atoms. The van der Waals surface area contributed by atoms with Crippen molar-refractivity contribution in [2.45, 2.75) is 19.2 Å². The highest BCUT2D eigenvalue weighted by atomic mass is 19.1. The number of nitrogens with one attached hydrogen (secondary N) is 1. The second-order valence-electron chi connectivity index (χ2n) is 7.98. The molecule has 1 amide bonds. The van der Waals surface area contributed by atoms with E-state index in [9.17, 15) is 9.18 Å². The Morgan fingerprint density at radius 2 is 1.88 bits per heavy atom. The van der Waals surface area contributed by atoms with E-state index >= 15 is 0 Å². The number of rotatable bonds is 6. The SMILES string of the molecule is O=C1NCC(Cn2cc(CN3CCN(c4nccnc4-c4ccc(F)cc4)CC3)cn2)O1. The highest BCUT2D eigenvalue weighted by molar-refractivity contribution is 5.72. The smallest absolute Gasteiger partial charge is 0.407 e. The van der Waals surface area contributed by atoms with E-state index in [0.29, 0.717) is 13.1 Å². The Kier molecular flexibility index (Phi) is 5.68. The van der Waals surface area contributed by atoms with E-state index in [2.05, 4.69) is 30.2 Å². The number of benzene rings is 1. The van der Waals surface area contributed by atoms with Crippen LogP contribution in [-0.2, 0) is 17.8 Å². The number of anilines is 1. The molecule has 9 nitrogen and oxygen atoms in total. The molecule has 2 aliphatic heterocycles.